The number of nitrogens with one attached hydrogen (secondary N) is 1. The molecule has 1 heterocycles. The van der Waals surface area contributed by atoms with Crippen molar-refractivity contribution in [3.05, 3.63) is 90.2 Å². The van der Waals surface area contributed by atoms with Gasteiger partial charge in [0.05, 0.1) is 0 Å². The van der Waals surface area contributed by atoms with Crippen molar-refractivity contribution in [2.24, 2.45) is 0 Å². The van der Waals surface area contributed by atoms with Crippen LogP contribution in [0.5, 0.6) is 0 Å². The number of piperazine rings is 1. The second kappa shape index (κ2) is 8.99. The van der Waals surface area contributed by atoms with Crippen molar-refractivity contribution < 1.29 is 4.39 Å². The maximum atomic E-state index is 13.2. The van der Waals surface area contributed by atoms with Crippen LogP contribution in [0.3, 0.4) is 0 Å². The van der Waals surface area contributed by atoms with E-state index in [-0.39, 0.29) is 5.82 Å². The van der Waals surface area contributed by atoms with Gasteiger partial charge in [-0.2, -0.15) is 0 Å². The highest BCUT2D eigenvalue weighted by atomic mass is 19.1. The molecule has 0 atom stereocenters. The van der Waals surface area contributed by atoms with Gasteiger partial charge in [-0.05, 0) is 67.6 Å². The van der Waals surface area contributed by atoms with Crippen LogP contribution >= 0.6 is 0 Å². The molecule has 30 heavy (non-hydrogen) atoms. The van der Waals surface area contributed by atoms with E-state index in [9.17, 15) is 4.39 Å². The Bertz CT molecular complexity index is 962. The molecule has 154 valence electrons. The lowest BCUT2D eigenvalue weighted by molar-refractivity contribution is 0.628. The van der Waals surface area contributed by atoms with Gasteiger partial charge in [0.2, 0.25) is 0 Å². The molecule has 0 amide bonds. The molecular weight excluding hydrogens is 375 g/mol. The number of amidine groups is 1. The van der Waals surface area contributed by atoms with E-state index in [1.807, 2.05) is 24.0 Å². The average Bonchev–Trinajstić information content (AvgIpc) is 2.81. The topological polar surface area (TPSA) is 33.6 Å². The molecule has 3 aromatic rings. The normalized spacial score (nSPS) is 13.9. The van der Waals surface area contributed by atoms with Gasteiger partial charge >= 0.3 is 0 Å². The summed E-state index contributed by atoms with van der Waals surface area (Å²) in [4.78, 5) is 6.69. The number of hydrogen-bond acceptors (Lipinski definition) is 3. The summed E-state index contributed by atoms with van der Waals surface area (Å²) in [6, 6.07) is 25.1. The van der Waals surface area contributed by atoms with Crippen LogP contribution in [0.15, 0.2) is 78.9 Å². The lowest BCUT2D eigenvalue weighted by Crippen LogP contribution is -2.46. The van der Waals surface area contributed by atoms with E-state index in [0.717, 1.165) is 37.4 Å². The van der Waals surface area contributed by atoms with Crippen LogP contribution < -0.4 is 14.7 Å². The van der Waals surface area contributed by atoms with Gasteiger partial charge in [0.1, 0.15) is 11.7 Å². The highest BCUT2D eigenvalue weighted by Crippen LogP contribution is 2.23. The average molecular weight is 403 g/mol. The Balaban J connectivity index is 1.41. The van der Waals surface area contributed by atoms with Gasteiger partial charge in [0.15, 0.2) is 0 Å². The van der Waals surface area contributed by atoms with Crippen molar-refractivity contribution >= 4 is 22.9 Å². The summed E-state index contributed by atoms with van der Waals surface area (Å²) in [5.74, 6) is 0.155. The van der Waals surface area contributed by atoms with Crippen molar-refractivity contribution in [2.75, 3.05) is 47.4 Å². The first-order chi connectivity index (χ1) is 14.7. The predicted molar refractivity (Wildman–Crippen MR) is 124 cm³/mol. The molecule has 1 N–H and O–H groups in total. The molecule has 1 aliphatic rings. The predicted octanol–water partition coefficient (Wildman–Crippen LogP) is 5.00. The number of hydrogen-bond donors (Lipinski definition) is 1. The summed E-state index contributed by atoms with van der Waals surface area (Å²) in [7, 11) is 0. The maximum absolute atomic E-state index is 13.2. The third kappa shape index (κ3) is 4.30. The minimum atomic E-state index is -0.266. The SMILES string of the molecule is CCN(C(=N)c1ccc(N2CCN(c3ccccc3)CC2)cc1)c1ccc(F)cc1. The fraction of sp³-hybridized carbons (Fsp3) is 0.240. The molecule has 0 aromatic heterocycles. The Morgan fingerprint density at radius 2 is 1.33 bits per heavy atom. The van der Waals surface area contributed by atoms with Crippen LogP contribution in [0.25, 0.3) is 0 Å². The van der Waals surface area contributed by atoms with Crippen molar-refractivity contribution in [3.63, 3.8) is 0 Å². The monoisotopic (exact) mass is 402 g/mol. The van der Waals surface area contributed by atoms with Gasteiger partial charge in [0.25, 0.3) is 0 Å². The Kier molecular flexibility index (Phi) is 5.98. The Labute approximate surface area is 177 Å². The maximum Gasteiger partial charge on any atom is 0.132 e. The van der Waals surface area contributed by atoms with Crippen molar-refractivity contribution in [3.8, 4) is 0 Å². The Morgan fingerprint density at radius 3 is 1.87 bits per heavy atom. The lowest BCUT2D eigenvalue weighted by Gasteiger charge is -2.37. The molecule has 5 heteroatoms. The minimum Gasteiger partial charge on any atom is -0.368 e. The molecule has 0 unspecified atom stereocenters. The third-order valence-corrected chi connectivity index (χ3v) is 5.63. The van der Waals surface area contributed by atoms with E-state index in [4.69, 9.17) is 5.41 Å². The number of rotatable bonds is 5. The fourth-order valence-corrected chi connectivity index (χ4v) is 3.94. The number of halogens is 1. The molecule has 0 saturated carbocycles. The summed E-state index contributed by atoms with van der Waals surface area (Å²) >= 11 is 0. The van der Waals surface area contributed by atoms with Gasteiger partial charge in [0, 0.05) is 55.3 Å². The number of para-hydroxylation sites is 1. The van der Waals surface area contributed by atoms with Crippen LogP contribution in [0.4, 0.5) is 21.5 Å². The van der Waals surface area contributed by atoms with E-state index in [2.05, 4.69) is 52.3 Å². The number of anilines is 3. The van der Waals surface area contributed by atoms with E-state index in [1.54, 1.807) is 12.1 Å². The minimum absolute atomic E-state index is 0.266. The molecule has 3 aromatic carbocycles. The van der Waals surface area contributed by atoms with Gasteiger partial charge < -0.3 is 14.7 Å². The van der Waals surface area contributed by atoms with E-state index < -0.39 is 0 Å². The summed E-state index contributed by atoms with van der Waals surface area (Å²) in [5, 5.41) is 8.63. The molecule has 4 rings (SSSR count). The first-order valence-electron chi connectivity index (χ1n) is 10.4. The standard InChI is InChI=1S/C25H27FN4/c1-2-30(24-14-10-21(26)11-15-24)25(27)20-8-12-23(13-9-20)29-18-16-28(17-19-29)22-6-4-3-5-7-22/h3-15,27H,2,16-19H2,1H3. The Hall–Kier alpha value is -3.34. The van der Waals surface area contributed by atoms with E-state index in [0.29, 0.717) is 12.4 Å². The lowest BCUT2D eigenvalue weighted by atomic mass is 10.1. The number of nitrogens with zero attached hydrogens (tertiary/aromatic N) is 3. The molecule has 1 saturated heterocycles. The summed E-state index contributed by atoms with van der Waals surface area (Å²) in [6.07, 6.45) is 0. The fourth-order valence-electron chi connectivity index (χ4n) is 3.94. The van der Waals surface area contributed by atoms with Crippen LogP contribution in [0, 0.1) is 11.2 Å². The molecule has 4 nitrogen and oxygen atoms in total. The highest BCUT2D eigenvalue weighted by Gasteiger charge is 2.18. The largest absolute Gasteiger partial charge is 0.368 e. The van der Waals surface area contributed by atoms with Gasteiger partial charge in [-0.1, -0.05) is 18.2 Å². The second-order valence-electron chi connectivity index (χ2n) is 7.43. The van der Waals surface area contributed by atoms with Crippen LogP contribution in [-0.2, 0) is 0 Å². The first-order valence-corrected chi connectivity index (χ1v) is 10.4. The molecule has 0 spiro atoms. The second-order valence-corrected chi connectivity index (χ2v) is 7.43. The molecule has 0 radical (unpaired) electrons. The van der Waals surface area contributed by atoms with E-state index >= 15 is 0 Å². The molecular formula is C25H27FN4. The van der Waals surface area contributed by atoms with Crippen LogP contribution in [0.1, 0.15) is 12.5 Å². The molecule has 1 aliphatic heterocycles. The van der Waals surface area contributed by atoms with Gasteiger partial charge in [-0.25, -0.2) is 4.39 Å². The third-order valence-electron chi connectivity index (χ3n) is 5.63. The van der Waals surface area contributed by atoms with E-state index in [1.165, 1.54) is 23.5 Å². The van der Waals surface area contributed by atoms with Crippen molar-refractivity contribution in [1.82, 2.24) is 0 Å². The zero-order valence-corrected chi connectivity index (χ0v) is 17.3. The molecule has 0 aliphatic carbocycles. The smallest absolute Gasteiger partial charge is 0.132 e. The summed E-state index contributed by atoms with van der Waals surface area (Å²) in [6.45, 7) is 6.59. The summed E-state index contributed by atoms with van der Waals surface area (Å²) < 4.78 is 13.2. The quantitative estimate of drug-likeness (QED) is 0.481. The summed E-state index contributed by atoms with van der Waals surface area (Å²) in [5.41, 5.74) is 4.14. The van der Waals surface area contributed by atoms with Gasteiger partial charge in [-0.15, -0.1) is 0 Å². The molecule has 1 fully saturated rings. The van der Waals surface area contributed by atoms with Crippen molar-refractivity contribution in [1.29, 1.82) is 5.41 Å². The number of benzene rings is 3. The zero-order valence-electron chi connectivity index (χ0n) is 17.3. The highest BCUT2D eigenvalue weighted by molar-refractivity contribution is 6.08. The zero-order chi connectivity index (χ0) is 20.9. The van der Waals surface area contributed by atoms with Crippen LogP contribution in [-0.4, -0.2) is 38.6 Å². The molecule has 0 bridgehead atoms. The van der Waals surface area contributed by atoms with Crippen molar-refractivity contribution in [2.45, 2.75) is 6.92 Å². The van der Waals surface area contributed by atoms with Crippen LogP contribution in [0.2, 0.25) is 0 Å². The van der Waals surface area contributed by atoms with Gasteiger partial charge in [-0.3, -0.25) is 5.41 Å². The Morgan fingerprint density at radius 1 is 0.800 bits per heavy atom. The first kappa shape index (κ1) is 20.0.